The third kappa shape index (κ3) is 4.41. The van der Waals surface area contributed by atoms with E-state index in [0.29, 0.717) is 24.0 Å². The highest BCUT2D eigenvalue weighted by Gasteiger charge is 2.14. The van der Waals surface area contributed by atoms with Crippen molar-refractivity contribution in [2.45, 2.75) is 39.5 Å². The largest absolute Gasteiger partial charge is 0.493 e. The molecule has 2 aromatic rings. The number of unbranched alkanes of at least 4 members (excludes halogenated alkanes) is 2. The van der Waals surface area contributed by atoms with Crippen molar-refractivity contribution < 1.29 is 9.47 Å². The molecule has 22 heavy (non-hydrogen) atoms. The maximum Gasteiger partial charge on any atom is 0.141 e. The van der Waals surface area contributed by atoms with Crippen LogP contribution in [-0.4, -0.2) is 23.4 Å². The standard InChI is InChI=1S/C17H23ClN2O2/c1-3-5-9-21-16-12-17(22-10-6-4-2)14(18)11-13(16)15-7-8-19-20-15/h7-8,11-12H,3-6,9-10H2,1-2H3,(H,19,20). The number of H-pyrrole nitrogens is 1. The second-order valence-corrected chi connectivity index (χ2v) is 5.55. The van der Waals surface area contributed by atoms with Crippen molar-refractivity contribution in [1.29, 1.82) is 0 Å². The quantitative estimate of drug-likeness (QED) is 0.654. The summed E-state index contributed by atoms with van der Waals surface area (Å²) in [5.41, 5.74) is 1.69. The Morgan fingerprint density at radius 1 is 1.05 bits per heavy atom. The van der Waals surface area contributed by atoms with Crippen molar-refractivity contribution in [2.24, 2.45) is 0 Å². The van der Waals surface area contributed by atoms with Gasteiger partial charge in [0.2, 0.25) is 0 Å². The Morgan fingerprint density at radius 2 is 1.73 bits per heavy atom. The monoisotopic (exact) mass is 322 g/mol. The zero-order valence-electron chi connectivity index (χ0n) is 13.2. The number of hydrogen-bond donors (Lipinski definition) is 1. The predicted octanol–water partition coefficient (Wildman–Crippen LogP) is 5.09. The number of hydrogen-bond acceptors (Lipinski definition) is 3. The van der Waals surface area contributed by atoms with Crippen molar-refractivity contribution >= 4 is 11.6 Å². The molecule has 0 fully saturated rings. The lowest BCUT2D eigenvalue weighted by molar-refractivity contribution is 0.295. The lowest BCUT2D eigenvalue weighted by atomic mass is 10.1. The van der Waals surface area contributed by atoms with Gasteiger partial charge in [-0.2, -0.15) is 5.10 Å². The van der Waals surface area contributed by atoms with Gasteiger partial charge in [0.05, 0.1) is 23.9 Å². The average Bonchev–Trinajstić information content (AvgIpc) is 3.04. The second-order valence-electron chi connectivity index (χ2n) is 5.14. The van der Waals surface area contributed by atoms with Crippen molar-refractivity contribution in [3.63, 3.8) is 0 Å². The van der Waals surface area contributed by atoms with Crippen LogP contribution in [-0.2, 0) is 0 Å². The maximum absolute atomic E-state index is 6.34. The number of nitrogens with zero attached hydrogens (tertiary/aromatic N) is 1. The minimum Gasteiger partial charge on any atom is -0.493 e. The molecule has 120 valence electrons. The molecule has 1 N–H and O–H groups in total. The average molecular weight is 323 g/mol. The Labute approximate surface area is 136 Å². The maximum atomic E-state index is 6.34. The van der Waals surface area contributed by atoms with Gasteiger partial charge in [-0.1, -0.05) is 38.3 Å². The van der Waals surface area contributed by atoms with Crippen LogP contribution in [0.1, 0.15) is 39.5 Å². The summed E-state index contributed by atoms with van der Waals surface area (Å²) in [6.45, 7) is 5.60. The van der Waals surface area contributed by atoms with Gasteiger partial charge in [0, 0.05) is 17.8 Å². The molecule has 0 aliphatic heterocycles. The van der Waals surface area contributed by atoms with E-state index in [4.69, 9.17) is 21.1 Å². The first kappa shape index (κ1) is 16.7. The lowest BCUT2D eigenvalue weighted by Gasteiger charge is -2.14. The molecule has 0 saturated carbocycles. The summed E-state index contributed by atoms with van der Waals surface area (Å²) in [5.74, 6) is 1.43. The number of nitrogens with one attached hydrogen (secondary N) is 1. The summed E-state index contributed by atoms with van der Waals surface area (Å²) in [5, 5.41) is 7.62. The van der Waals surface area contributed by atoms with E-state index < -0.39 is 0 Å². The summed E-state index contributed by atoms with van der Waals surface area (Å²) in [4.78, 5) is 0. The van der Waals surface area contributed by atoms with Gasteiger partial charge in [0.25, 0.3) is 0 Å². The number of aromatic amines is 1. The molecule has 1 heterocycles. The van der Waals surface area contributed by atoms with Crippen molar-refractivity contribution in [3.8, 4) is 22.8 Å². The highest BCUT2D eigenvalue weighted by Crippen LogP contribution is 2.38. The number of aromatic nitrogens is 2. The number of ether oxygens (including phenoxy) is 2. The molecule has 4 nitrogen and oxygen atoms in total. The van der Waals surface area contributed by atoms with Crippen LogP contribution in [0.2, 0.25) is 5.02 Å². The first-order valence-corrected chi connectivity index (χ1v) is 8.23. The van der Waals surface area contributed by atoms with Gasteiger partial charge < -0.3 is 9.47 Å². The molecule has 0 atom stereocenters. The summed E-state index contributed by atoms with van der Waals surface area (Å²) in [6, 6.07) is 5.63. The van der Waals surface area contributed by atoms with Gasteiger partial charge in [-0.3, -0.25) is 5.10 Å². The molecule has 0 unspecified atom stereocenters. The van der Waals surface area contributed by atoms with Crippen LogP contribution in [0.25, 0.3) is 11.3 Å². The van der Waals surface area contributed by atoms with Crippen molar-refractivity contribution in [3.05, 3.63) is 29.4 Å². The van der Waals surface area contributed by atoms with Gasteiger partial charge in [-0.25, -0.2) is 0 Å². The molecule has 0 bridgehead atoms. The number of rotatable bonds is 9. The minimum absolute atomic E-state index is 0.581. The number of benzene rings is 1. The highest BCUT2D eigenvalue weighted by atomic mass is 35.5. The van der Waals surface area contributed by atoms with E-state index in [9.17, 15) is 0 Å². The van der Waals surface area contributed by atoms with Crippen LogP contribution < -0.4 is 9.47 Å². The van der Waals surface area contributed by atoms with Gasteiger partial charge in [-0.15, -0.1) is 0 Å². The Hall–Kier alpha value is -1.68. The van der Waals surface area contributed by atoms with Gasteiger partial charge >= 0.3 is 0 Å². The molecule has 2 rings (SSSR count). The molecular formula is C17H23ClN2O2. The molecule has 0 spiro atoms. The van der Waals surface area contributed by atoms with Crippen molar-refractivity contribution in [2.75, 3.05) is 13.2 Å². The second kappa shape index (κ2) is 8.69. The highest BCUT2D eigenvalue weighted by molar-refractivity contribution is 6.32. The van der Waals surface area contributed by atoms with Gasteiger partial charge in [0.1, 0.15) is 11.5 Å². The first-order chi connectivity index (χ1) is 10.8. The Morgan fingerprint density at radius 3 is 2.32 bits per heavy atom. The number of halogens is 1. The van der Waals surface area contributed by atoms with Crippen LogP contribution in [0.3, 0.4) is 0 Å². The Bertz CT molecular complexity index is 570. The van der Waals surface area contributed by atoms with E-state index in [0.717, 1.165) is 42.7 Å². The van der Waals surface area contributed by atoms with E-state index in [1.54, 1.807) is 6.20 Å². The molecule has 1 aromatic carbocycles. The summed E-state index contributed by atoms with van der Waals surface area (Å²) in [6.07, 6.45) is 5.97. The fourth-order valence-corrected chi connectivity index (χ4v) is 2.25. The van der Waals surface area contributed by atoms with Crippen LogP contribution in [0.4, 0.5) is 0 Å². The van der Waals surface area contributed by atoms with Gasteiger partial charge in [-0.05, 0) is 25.0 Å². The van der Waals surface area contributed by atoms with E-state index in [2.05, 4.69) is 24.0 Å². The third-order valence-electron chi connectivity index (χ3n) is 3.32. The molecular weight excluding hydrogens is 300 g/mol. The SMILES string of the molecule is CCCCOc1cc(OCCCC)c(-c2cc[nH]n2)cc1Cl. The van der Waals surface area contributed by atoms with E-state index in [1.807, 2.05) is 18.2 Å². The summed E-state index contributed by atoms with van der Waals surface area (Å²) in [7, 11) is 0. The van der Waals surface area contributed by atoms with Crippen LogP contribution in [0.15, 0.2) is 24.4 Å². The summed E-state index contributed by atoms with van der Waals surface area (Å²) >= 11 is 6.34. The van der Waals surface area contributed by atoms with Crippen molar-refractivity contribution in [1.82, 2.24) is 10.2 Å². The lowest BCUT2D eigenvalue weighted by Crippen LogP contribution is -2.01. The first-order valence-electron chi connectivity index (χ1n) is 7.85. The third-order valence-corrected chi connectivity index (χ3v) is 3.62. The van der Waals surface area contributed by atoms with E-state index >= 15 is 0 Å². The molecule has 1 aromatic heterocycles. The Balaban J connectivity index is 2.25. The fraction of sp³-hybridized carbons (Fsp3) is 0.471. The minimum atomic E-state index is 0.581. The Kier molecular flexibility index (Phi) is 6.59. The van der Waals surface area contributed by atoms with E-state index in [1.165, 1.54) is 0 Å². The summed E-state index contributed by atoms with van der Waals surface area (Å²) < 4.78 is 11.7. The fourth-order valence-electron chi connectivity index (χ4n) is 2.03. The molecule has 0 aliphatic carbocycles. The molecule has 0 radical (unpaired) electrons. The van der Waals surface area contributed by atoms with Crippen LogP contribution >= 0.6 is 11.6 Å². The molecule has 0 aliphatic rings. The van der Waals surface area contributed by atoms with Gasteiger partial charge in [0.15, 0.2) is 0 Å². The molecule has 0 saturated heterocycles. The van der Waals surface area contributed by atoms with E-state index in [-0.39, 0.29) is 0 Å². The molecule has 0 amide bonds. The zero-order chi connectivity index (χ0) is 15.8. The van der Waals surface area contributed by atoms with Crippen LogP contribution in [0.5, 0.6) is 11.5 Å². The zero-order valence-corrected chi connectivity index (χ0v) is 13.9. The smallest absolute Gasteiger partial charge is 0.141 e. The topological polar surface area (TPSA) is 47.1 Å². The normalized spacial score (nSPS) is 10.7. The molecule has 5 heteroatoms. The predicted molar refractivity (Wildman–Crippen MR) is 89.8 cm³/mol. The van der Waals surface area contributed by atoms with Crippen LogP contribution in [0, 0.1) is 0 Å².